The van der Waals surface area contributed by atoms with Crippen LogP contribution in [-0.4, -0.2) is 25.5 Å². The second kappa shape index (κ2) is 7.32. The molecule has 0 heterocycles. The van der Waals surface area contributed by atoms with Gasteiger partial charge in [0.1, 0.15) is 11.5 Å². The molecule has 0 saturated heterocycles. The van der Waals surface area contributed by atoms with Crippen LogP contribution in [0, 0.1) is 0 Å². The van der Waals surface area contributed by atoms with Crippen molar-refractivity contribution in [2.45, 2.75) is 19.9 Å². The highest BCUT2D eigenvalue weighted by atomic mass is 16.5. The van der Waals surface area contributed by atoms with E-state index in [1.807, 2.05) is 24.3 Å². The molecule has 5 nitrogen and oxygen atoms in total. The Kier molecular flexibility index (Phi) is 5.70. The van der Waals surface area contributed by atoms with Gasteiger partial charge >= 0.3 is 6.03 Å². The van der Waals surface area contributed by atoms with E-state index in [0.29, 0.717) is 19.5 Å². The van der Waals surface area contributed by atoms with Gasteiger partial charge in [-0.25, -0.2) is 4.79 Å². The SMILES string of the molecule is COc1ccc(CNC(=O)NCCC(C)=O)cc1. The molecule has 98 valence electrons. The van der Waals surface area contributed by atoms with Crippen LogP contribution >= 0.6 is 0 Å². The van der Waals surface area contributed by atoms with Crippen molar-refractivity contribution in [2.75, 3.05) is 13.7 Å². The van der Waals surface area contributed by atoms with Crippen molar-refractivity contribution < 1.29 is 14.3 Å². The van der Waals surface area contributed by atoms with Crippen molar-refractivity contribution in [3.05, 3.63) is 29.8 Å². The highest BCUT2D eigenvalue weighted by Crippen LogP contribution is 2.10. The molecule has 1 rings (SSSR count). The predicted molar refractivity (Wildman–Crippen MR) is 68.5 cm³/mol. The number of benzene rings is 1. The molecule has 18 heavy (non-hydrogen) atoms. The molecular formula is C13H18N2O3. The molecule has 0 bridgehead atoms. The van der Waals surface area contributed by atoms with Crippen LogP contribution in [0.4, 0.5) is 4.79 Å². The first kappa shape index (κ1) is 14.0. The third-order valence-electron chi connectivity index (χ3n) is 2.37. The first-order valence-electron chi connectivity index (χ1n) is 5.76. The predicted octanol–water partition coefficient (Wildman–Crippen LogP) is 1.47. The number of carbonyl (C=O) groups excluding carboxylic acids is 2. The Bertz CT molecular complexity index is 401. The summed E-state index contributed by atoms with van der Waals surface area (Å²) >= 11 is 0. The Morgan fingerprint density at radius 2 is 1.83 bits per heavy atom. The number of amides is 2. The molecule has 0 fully saturated rings. The van der Waals surface area contributed by atoms with Crippen LogP contribution in [-0.2, 0) is 11.3 Å². The summed E-state index contributed by atoms with van der Waals surface area (Å²) in [6, 6.07) is 7.17. The first-order valence-corrected chi connectivity index (χ1v) is 5.76. The summed E-state index contributed by atoms with van der Waals surface area (Å²) in [6.45, 7) is 2.30. The number of Topliss-reactive ketones (excluding diaryl/α,β-unsaturated/α-hetero) is 1. The zero-order chi connectivity index (χ0) is 13.4. The molecule has 0 aliphatic heterocycles. The molecule has 0 saturated carbocycles. The van der Waals surface area contributed by atoms with Gasteiger partial charge in [-0.1, -0.05) is 12.1 Å². The van der Waals surface area contributed by atoms with E-state index < -0.39 is 0 Å². The number of hydrogen-bond acceptors (Lipinski definition) is 3. The average molecular weight is 250 g/mol. The number of nitrogens with one attached hydrogen (secondary N) is 2. The Hall–Kier alpha value is -2.04. The molecule has 0 aliphatic carbocycles. The first-order chi connectivity index (χ1) is 8.61. The minimum atomic E-state index is -0.271. The van der Waals surface area contributed by atoms with Crippen LogP contribution in [0.25, 0.3) is 0 Å². The number of urea groups is 1. The third kappa shape index (κ3) is 5.34. The normalized spacial score (nSPS) is 9.67. The van der Waals surface area contributed by atoms with Crippen LogP contribution in [0.2, 0.25) is 0 Å². The fraction of sp³-hybridized carbons (Fsp3) is 0.385. The monoisotopic (exact) mass is 250 g/mol. The number of hydrogen-bond donors (Lipinski definition) is 2. The molecule has 0 atom stereocenters. The lowest BCUT2D eigenvalue weighted by Crippen LogP contribution is -2.36. The number of rotatable bonds is 6. The summed E-state index contributed by atoms with van der Waals surface area (Å²) in [6.07, 6.45) is 0.357. The fourth-order valence-corrected chi connectivity index (χ4v) is 1.34. The van der Waals surface area contributed by atoms with Gasteiger partial charge in [-0.15, -0.1) is 0 Å². The van der Waals surface area contributed by atoms with E-state index in [9.17, 15) is 9.59 Å². The van der Waals surface area contributed by atoms with Crippen LogP contribution < -0.4 is 15.4 Å². The topological polar surface area (TPSA) is 67.4 Å². The summed E-state index contributed by atoms with van der Waals surface area (Å²) in [5.74, 6) is 0.843. The maximum atomic E-state index is 11.4. The molecule has 5 heteroatoms. The second-order valence-corrected chi connectivity index (χ2v) is 3.91. The molecule has 1 aromatic rings. The van der Waals surface area contributed by atoms with Gasteiger partial charge in [0.25, 0.3) is 0 Å². The standard InChI is InChI=1S/C13H18N2O3/c1-10(16)7-8-14-13(17)15-9-11-3-5-12(18-2)6-4-11/h3-6H,7-9H2,1-2H3,(H2,14,15,17). The minimum absolute atomic E-state index is 0.0606. The number of ketones is 1. The van der Waals surface area contributed by atoms with Gasteiger partial charge in [0.15, 0.2) is 0 Å². The fourth-order valence-electron chi connectivity index (χ4n) is 1.34. The zero-order valence-corrected chi connectivity index (χ0v) is 10.7. The molecule has 0 aliphatic rings. The van der Waals surface area contributed by atoms with Gasteiger partial charge in [-0.05, 0) is 24.6 Å². The van der Waals surface area contributed by atoms with Gasteiger partial charge in [0.2, 0.25) is 0 Å². The molecule has 0 unspecified atom stereocenters. The Morgan fingerprint density at radius 1 is 1.17 bits per heavy atom. The van der Waals surface area contributed by atoms with E-state index in [0.717, 1.165) is 11.3 Å². The summed E-state index contributed by atoms with van der Waals surface area (Å²) in [7, 11) is 1.61. The Labute approximate surface area is 107 Å². The Balaban J connectivity index is 2.26. The average Bonchev–Trinajstić information content (AvgIpc) is 2.36. The van der Waals surface area contributed by atoms with Crippen molar-refractivity contribution in [3.8, 4) is 5.75 Å². The zero-order valence-electron chi connectivity index (χ0n) is 10.7. The van der Waals surface area contributed by atoms with E-state index >= 15 is 0 Å². The van der Waals surface area contributed by atoms with Crippen LogP contribution in [0.1, 0.15) is 18.9 Å². The maximum Gasteiger partial charge on any atom is 0.315 e. The number of methoxy groups -OCH3 is 1. The quantitative estimate of drug-likeness (QED) is 0.803. The molecule has 0 spiro atoms. The van der Waals surface area contributed by atoms with Crippen molar-refractivity contribution in [2.24, 2.45) is 0 Å². The van der Waals surface area contributed by atoms with Gasteiger partial charge in [0, 0.05) is 19.5 Å². The van der Waals surface area contributed by atoms with Gasteiger partial charge in [0.05, 0.1) is 7.11 Å². The lowest BCUT2D eigenvalue weighted by molar-refractivity contribution is -0.116. The second-order valence-electron chi connectivity index (χ2n) is 3.91. The molecule has 2 amide bonds. The van der Waals surface area contributed by atoms with E-state index in [4.69, 9.17) is 4.74 Å². The molecule has 2 N–H and O–H groups in total. The largest absolute Gasteiger partial charge is 0.497 e. The van der Waals surface area contributed by atoms with E-state index in [1.54, 1.807) is 7.11 Å². The molecular weight excluding hydrogens is 232 g/mol. The lowest BCUT2D eigenvalue weighted by atomic mass is 10.2. The Morgan fingerprint density at radius 3 is 2.39 bits per heavy atom. The minimum Gasteiger partial charge on any atom is -0.497 e. The third-order valence-corrected chi connectivity index (χ3v) is 2.37. The van der Waals surface area contributed by atoms with Crippen LogP contribution in [0.3, 0.4) is 0 Å². The van der Waals surface area contributed by atoms with E-state index in [2.05, 4.69) is 10.6 Å². The van der Waals surface area contributed by atoms with Crippen LogP contribution in [0.15, 0.2) is 24.3 Å². The van der Waals surface area contributed by atoms with Crippen molar-refractivity contribution in [1.82, 2.24) is 10.6 Å². The van der Waals surface area contributed by atoms with Crippen molar-refractivity contribution in [1.29, 1.82) is 0 Å². The van der Waals surface area contributed by atoms with Crippen LogP contribution in [0.5, 0.6) is 5.75 Å². The summed E-state index contributed by atoms with van der Waals surface area (Å²) in [5, 5.41) is 5.32. The van der Waals surface area contributed by atoms with Gasteiger partial charge < -0.3 is 15.4 Å². The van der Waals surface area contributed by atoms with Gasteiger partial charge in [-0.3, -0.25) is 4.79 Å². The summed E-state index contributed by atoms with van der Waals surface area (Å²) in [4.78, 5) is 22.0. The highest BCUT2D eigenvalue weighted by molar-refractivity contribution is 5.77. The molecule has 0 radical (unpaired) electrons. The lowest BCUT2D eigenvalue weighted by Gasteiger charge is -2.07. The smallest absolute Gasteiger partial charge is 0.315 e. The van der Waals surface area contributed by atoms with Gasteiger partial charge in [-0.2, -0.15) is 0 Å². The van der Waals surface area contributed by atoms with E-state index in [-0.39, 0.29) is 11.8 Å². The summed E-state index contributed by atoms with van der Waals surface area (Å²) < 4.78 is 5.04. The maximum absolute atomic E-state index is 11.4. The molecule has 0 aromatic heterocycles. The van der Waals surface area contributed by atoms with Crippen molar-refractivity contribution >= 4 is 11.8 Å². The molecule has 1 aromatic carbocycles. The summed E-state index contributed by atoms with van der Waals surface area (Å²) in [5.41, 5.74) is 0.984. The van der Waals surface area contributed by atoms with Crippen molar-refractivity contribution in [3.63, 3.8) is 0 Å². The number of carbonyl (C=O) groups is 2. The highest BCUT2D eigenvalue weighted by Gasteiger charge is 2.01. The number of ether oxygens (including phenoxy) is 1. The van der Waals surface area contributed by atoms with E-state index in [1.165, 1.54) is 6.92 Å².